The van der Waals surface area contributed by atoms with E-state index < -0.39 is 17.9 Å². The summed E-state index contributed by atoms with van der Waals surface area (Å²) < 4.78 is 30.5. The van der Waals surface area contributed by atoms with Gasteiger partial charge in [0.05, 0.1) is 17.5 Å². The summed E-state index contributed by atoms with van der Waals surface area (Å²) >= 11 is 0. The van der Waals surface area contributed by atoms with Crippen molar-refractivity contribution in [2.24, 2.45) is 0 Å². The summed E-state index contributed by atoms with van der Waals surface area (Å²) in [7, 11) is 0. The summed E-state index contributed by atoms with van der Waals surface area (Å²) in [5.74, 6) is 0.160. The molecule has 1 aliphatic carbocycles. The van der Waals surface area contributed by atoms with Gasteiger partial charge in [0.2, 0.25) is 0 Å². The zero-order valence-electron chi connectivity index (χ0n) is 15.3. The number of ether oxygens (including phenoxy) is 1. The molecule has 0 saturated heterocycles. The third-order valence-corrected chi connectivity index (χ3v) is 5.04. The Morgan fingerprint density at radius 3 is 2.80 bits per heavy atom. The highest BCUT2D eigenvalue weighted by molar-refractivity contribution is 5.63. The average molecular weight is 412 g/mol. The minimum Gasteiger partial charge on any atom is -0.433 e. The van der Waals surface area contributed by atoms with Crippen molar-refractivity contribution in [2.45, 2.75) is 24.9 Å². The van der Waals surface area contributed by atoms with Crippen molar-refractivity contribution in [3.63, 3.8) is 0 Å². The van der Waals surface area contributed by atoms with Gasteiger partial charge in [-0.25, -0.2) is 14.3 Å². The van der Waals surface area contributed by atoms with Crippen LogP contribution in [0, 0.1) is 0 Å². The SMILES string of the molecule is O=c1[nH]cc(-c2cc(C3C[C@H]3c3ccc(OC(F)F)cn3)c3nccn3n2)c(=O)[nH]1. The number of pyridine rings is 1. The third-order valence-electron chi connectivity index (χ3n) is 5.04. The van der Waals surface area contributed by atoms with E-state index in [1.54, 1.807) is 29.0 Å². The van der Waals surface area contributed by atoms with E-state index >= 15 is 0 Å². The fourth-order valence-corrected chi connectivity index (χ4v) is 3.59. The van der Waals surface area contributed by atoms with E-state index in [2.05, 4.69) is 29.8 Å². The molecule has 1 unspecified atom stereocenters. The molecule has 0 spiro atoms. The van der Waals surface area contributed by atoms with E-state index in [1.165, 1.54) is 18.5 Å². The molecule has 1 fully saturated rings. The zero-order valence-corrected chi connectivity index (χ0v) is 15.3. The molecule has 30 heavy (non-hydrogen) atoms. The van der Waals surface area contributed by atoms with E-state index in [0.29, 0.717) is 11.3 Å². The molecule has 2 N–H and O–H groups in total. The minimum absolute atomic E-state index is 0.00471. The zero-order chi connectivity index (χ0) is 20.8. The van der Waals surface area contributed by atoms with Crippen LogP contribution in [0.15, 0.2) is 52.6 Å². The molecule has 152 valence electrons. The smallest absolute Gasteiger partial charge is 0.387 e. The Kier molecular flexibility index (Phi) is 4.16. The van der Waals surface area contributed by atoms with Crippen LogP contribution in [0.1, 0.15) is 29.5 Å². The van der Waals surface area contributed by atoms with Gasteiger partial charge in [-0.1, -0.05) is 0 Å². The molecular weight excluding hydrogens is 398 g/mol. The monoisotopic (exact) mass is 412 g/mol. The first-order chi connectivity index (χ1) is 14.5. The molecular formula is C19H14F2N6O3. The van der Waals surface area contributed by atoms with E-state index in [-0.39, 0.29) is 23.1 Å². The third kappa shape index (κ3) is 3.23. The van der Waals surface area contributed by atoms with Gasteiger partial charge in [0, 0.05) is 35.8 Å². The molecule has 0 radical (unpaired) electrons. The molecule has 0 amide bonds. The van der Waals surface area contributed by atoms with Crippen molar-refractivity contribution in [2.75, 3.05) is 0 Å². The summed E-state index contributed by atoms with van der Waals surface area (Å²) in [4.78, 5) is 36.7. The number of halogens is 2. The van der Waals surface area contributed by atoms with Crippen LogP contribution in [0.25, 0.3) is 16.9 Å². The summed E-state index contributed by atoms with van der Waals surface area (Å²) in [5.41, 5.74) is 1.79. The Balaban J connectivity index is 1.50. The number of hydrogen-bond acceptors (Lipinski definition) is 6. The van der Waals surface area contributed by atoms with Crippen LogP contribution < -0.4 is 16.0 Å². The maximum absolute atomic E-state index is 12.3. The Hall–Kier alpha value is -3.89. The fraction of sp³-hybridized carbons (Fsp3) is 0.211. The van der Waals surface area contributed by atoms with E-state index in [9.17, 15) is 18.4 Å². The molecule has 0 aromatic carbocycles. The highest BCUT2D eigenvalue weighted by Crippen LogP contribution is 2.55. The maximum atomic E-state index is 12.3. The summed E-state index contributed by atoms with van der Waals surface area (Å²) in [6.45, 7) is -2.90. The molecule has 2 atom stereocenters. The van der Waals surface area contributed by atoms with Crippen molar-refractivity contribution in [1.82, 2.24) is 29.5 Å². The first-order valence-corrected chi connectivity index (χ1v) is 9.07. The van der Waals surface area contributed by atoms with E-state index in [0.717, 1.165) is 17.7 Å². The second-order valence-electron chi connectivity index (χ2n) is 6.91. The number of imidazole rings is 1. The Labute approximate surface area is 166 Å². The predicted molar refractivity (Wildman–Crippen MR) is 101 cm³/mol. The predicted octanol–water partition coefficient (Wildman–Crippen LogP) is 2.04. The molecule has 11 heteroatoms. The first-order valence-electron chi connectivity index (χ1n) is 9.07. The molecule has 0 aliphatic heterocycles. The number of nitrogens with one attached hydrogen (secondary N) is 2. The minimum atomic E-state index is -2.90. The van der Waals surface area contributed by atoms with Gasteiger partial charge in [-0.2, -0.15) is 13.9 Å². The Morgan fingerprint density at radius 2 is 2.07 bits per heavy atom. The van der Waals surface area contributed by atoms with Crippen molar-refractivity contribution in [3.8, 4) is 17.0 Å². The van der Waals surface area contributed by atoms with Gasteiger partial charge < -0.3 is 9.72 Å². The second kappa shape index (κ2) is 6.87. The largest absolute Gasteiger partial charge is 0.433 e. The van der Waals surface area contributed by atoms with Crippen LogP contribution in [-0.2, 0) is 0 Å². The molecule has 4 heterocycles. The van der Waals surface area contributed by atoms with E-state index in [4.69, 9.17) is 0 Å². The van der Waals surface area contributed by atoms with Crippen LogP contribution in [0.4, 0.5) is 8.78 Å². The van der Waals surface area contributed by atoms with Crippen LogP contribution in [-0.4, -0.2) is 36.2 Å². The number of aromatic nitrogens is 6. The Bertz CT molecular complexity index is 1340. The van der Waals surface area contributed by atoms with E-state index in [1.807, 2.05) is 0 Å². The normalized spacial score (nSPS) is 18.1. The molecule has 4 aromatic heterocycles. The standard InChI is InChI=1S/C19H14F2N6O3/c20-18(21)30-9-1-2-14(23-7-9)11-5-10(11)12-6-15(26-27-4-3-22-16(12)27)13-8-24-19(29)25-17(13)28/h1-4,6-8,10-11,18H,5H2,(H2,24,25,28,29)/t10?,11-/m1/s1. The summed E-state index contributed by atoms with van der Waals surface area (Å²) in [6.07, 6.45) is 6.67. The summed E-state index contributed by atoms with van der Waals surface area (Å²) in [6, 6.07) is 4.91. The lowest BCUT2D eigenvalue weighted by atomic mass is 10.1. The van der Waals surface area contributed by atoms with Gasteiger partial charge in [-0.3, -0.25) is 14.8 Å². The highest BCUT2D eigenvalue weighted by atomic mass is 19.3. The van der Waals surface area contributed by atoms with Crippen molar-refractivity contribution in [1.29, 1.82) is 0 Å². The van der Waals surface area contributed by atoms with Crippen molar-refractivity contribution >= 4 is 5.65 Å². The number of hydrogen-bond donors (Lipinski definition) is 2. The van der Waals surface area contributed by atoms with Gasteiger partial charge in [0.1, 0.15) is 5.75 Å². The molecule has 4 aromatic rings. The maximum Gasteiger partial charge on any atom is 0.387 e. The number of alkyl halides is 2. The van der Waals surface area contributed by atoms with Crippen molar-refractivity contribution < 1.29 is 13.5 Å². The van der Waals surface area contributed by atoms with Gasteiger partial charge in [0.25, 0.3) is 5.56 Å². The average Bonchev–Trinajstić information content (AvgIpc) is 3.35. The van der Waals surface area contributed by atoms with Crippen LogP contribution in [0.5, 0.6) is 5.75 Å². The quantitative estimate of drug-likeness (QED) is 0.518. The first kappa shape index (κ1) is 18.2. The fourth-order valence-electron chi connectivity index (χ4n) is 3.59. The van der Waals surface area contributed by atoms with Gasteiger partial charge in [-0.15, -0.1) is 0 Å². The van der Waals surface area contributed by atoms with Crippen LogP contribution in [0.2, 0.25) is 0 Å². The summed E-state index contributed by atoms with van der Waals surface area (Å²) in [5, 5.41) is 4.41. The van der Waals surface area contributed by atoms with Crippen LogP contribution in [0.3, 0.4) is 0 Å². The van der Waals surface area contributed by atoms with Gasteiger partial charge in [0.15, 0.2) is 5.65 Å². The van der Waals surface area contributed by atoms with Crippen molar-refractivity contribution in [3.05, 3.63) is 75.1 Å². The lowest BCUT2D eigenvalue weighted by Gasteiger charge is -2.08. The number of aromatic amines is 2. The lowest BCUT2D eigenvalue weighted by Crippen LogP contribution is -2.23. The van der Waals surface area contributed by atoms with Gasteiger partial charge >= 0.3 is 12.3 Å². The topological polar surface area (TPSA) is 118 Å². The molecule has 1 saturated carbocycles. The van der Waals surface area contributed by atoms with Crippen LogP contribution >= 0.6 is 0 Å². The highest BCUT2D eigenvalue weighted by Gasteiger charge is 2.42. The number of H-pyrrole nitrogens is 2. The Morgan fingerprint density at radius 1 is 1.20 bits per heavy atom. The lowest BCUT2D eigenvalue weighted by molar-refractivity contribution is -0.0500. The van der Waals surface area contributed by atoms with Gasteiger partial charge in [-0.05, 0) is 30.5 Å². The number of nitrogens with zero attached hydrogens (tertiary/aromatic N) is 4. The molecule has 1 aliphatic rings. The number of rotatable bonds is 5. The molecule has 0 bridgehead atoms. The molecule has 9 nitrogen and oxygen atoms in total. The molecule has 5 rings (SSSR count). The second-order valence-corrected chi connectivity index (χ2v) is 6.91. The number of fused-ring (bicyclic) bond motifs is 1.